The van der Waals surface area contributed by atoms with Gasteiger partial charge in [-0.2, -0.15) is 0 Å². The Kier molecular flexibility index (Phi) is 7.86. The molecule has 2 N–H and O–H groups in total. The van der Waals surface area contributed by atoms with Crippen molar-refractivity contribution in [3.8, 4) is 11.6 Å². The molecular formula is C23H26F2N8O4. The van der Waals surface area contributed by atoms with Crippen LogP contribution in [-0.2, 0) is 20.9 Å². The molecular weight excluding hydrogens is 490 g/mol. The highest BCUT2D eigenvalue weighted by molar-refractivity contribution is 5.80. The van der Waals surface area contributed by atoms with Gasteiger partial charge in [0, 0.05) is 31.3 Å². The van der Waals surface area contributed by atoms with E-state index in [0.29, 0.717) is 36.0 Å². The van der Waals surface area contributed by atoms with Gasteiger partial charge in [-0.3, -0.25) is 14.5 Å². The second-order valence-corrected chi connectivity index (χ2v) is 8.37. The first-order valence-electron chi connectivity index (χ1n) is 11.4. The molecule has 3 aromatic rings. The number of halogens is 2. The van der Waals surface area contributed by atoms with Crippen molar-refractivity contribution >= 4 is 17.7 Å². The molecule has 0 spiro atoms. The van der Waals surface area contributed by atoms with Gasteiger partial charge < -0.3 is 20.1 Å². The van der Waals surface area contributed by atoms with Gasteiger partial charge in [0.25, 0.3) is 6.43 Å². The molecule has 196 valence electrons. The summed E-state index contributed by atoms with van der Waals surface area (Å²) >= 11 is 0. The van der Waals surface area contributed by atoms with E-state index in [1.807, 2.05) is 4.90 Å². The molecule has 0 radical (unpaired) electrons. The van der Waals surface area contributed by atoms with Crippen molar-refractivity contribution in [2.24, 2.45) is 5.73 Å². The Hall–Kier alpha value is -4.20. The zero-order valence-electron chi connectivity index (χ0n) is 20.3. The molecule has 0 saturated carbocycles. The molecule has 1 atom stereocenters. The molecule has 2 aromatic heterocycles. The Labute approximate surface area is 210 Å². The number of amides is 1. The second-order valence-electron chi connectivity index (χ2n) is 8.37. The van der Waals surface area contributed by atoms with Crippen LogP contribution in [0.2, 0.25) is 0 Å². The summed E-state index contributed by atoms with van der Waals surface area (Å²) in [6.45, 7) is 2.96. The first-order valence-corrected chi connectivity index (χ1v) is 11.4. The summed E-state index contributed by atoms with van der Waals surface area (Å²) in [5, 5.41) is 16.5. The molecule has 1 amide bonds. The summed E-state index contributed by atoms with van der Waals surface area (Å²) in [5.74, 6) is -0.216. The molecule has 37 heavy (non-hydrogen) atoms. The van der Waals surface area contributed by atoms with Crippen molar-refractivity contribution in [3.63, 3.8) is 0 Å². The number of nitrogens with zero attached hydrogens (tertiary/aromatic N) is 7. The lowest BCUT2D eigenvalue weighted by Crippen LogP contribution is -2.58. The number of hydrogen-bond donors (Lipinski definition) is 1. The van der Waals surface area contributed by atoms with Crippen LogP contribution in [0.4, 0.5) is 14.6 Å². The number of anilines is 1. The van der Waals surface area contributed by atoms with Crippen LogP contribution in [0.1, 0.15) is 23.4 Å². The van der Waals surface area contributed by atoms with Crippen molar-refractivity contribution in [1.29, 1.82) is 0 Å². The zero-order chi connectivity index (χ0) is 26.5. The van der Waals surface area contributed by atoms with E-state index in [4.69, 9.17) is 15.2 Å². The molecule has 14 heteroatoms. The number of primary amides is 1. The number of hydrogen-bond acceptors (Lipinski definition) is 10. The van der Waals surface area contributed by atoms with Gasteiger partial charge in [-0.05, 0) is 25.1 Å². The minimum atomic E-state index is -2.55. The number of aromatic nitrogens is 5. The SMILES string of the molecule is COC(=O)[C@H]1CN(c2ccc(OCc3c(C)nnn3-c3ccc(C(F)F)cc3)nn2)CCN1CC(N)=O. The molecule has 0 bridgehead atoms. The van der Waals surface area contributed by atoms with Gasteiger partial charge in [0.1, 0.15) is 18.3 Å². The quantitative estimate of drug-likeness (QED) is 0.410. The lowest BCUT2D eigenvalue weighted by atomic mass is 10.1. The number of carbonyl (C=O) groups excluding carboxylic acids is 2. The van der Waals surface area contributed by atoms with Crippen LogP contribution in [0.15, 0.2) is 36.4 Å². The van der Waals surface area contributed by atoms with Crippen LogP contribution in [0.3, 0.4) is 0 Å². The molecule has 0 unspecified atom stereocenters. The van der Waals surface area contributed by atoms with Crippen molar-refractivity contribution < 1.29 is 27.8 Å². The van der Waals surface area contributed by atoms with E-state index >= 15 is 0 Å². The number of rotatable bonds is 9. The summed E-state index contributed by atoms with van der Waals surface area (Å²) in [7, 11) is 1.29. The normalized spacial score (nSPS) is 16.1. The molecule has 1 aromatic carbocycles. The number of piperazine rings is 1. The molecule has 1 fully saturated rings. The van der Waals surface area contributed by atoms with E-state index in [9.17, 15) is 18.4 Å². The molecule has 4 rings (SSSR count). The molecule has 1 saturated heterocycles. The Balaban J connectivity index is 1.42. The van der Waals surface area contributed by atoms with Crippen LogP contribution >= 0.6 is 0 Å². The zero-order valence-corrected chi connectivity index (χ0v) is 20.3. The maximum absolute atomic E-state index is 12.9. The third-order valence-corrected chi connectivity index (χ3v) is 5.98. The van der Waals surface area contributed by atoms with Gasteiger partial charge in [0.2, 0.25) is 11.8 Å². The number of benzene rings is 1. The highest BCUT2D eigenvalue weighted by atomic mass is 19.3. The van der Waals surface area contributed by atoms with Crippen LogP contribution in [0.5, 0.6) is 5.88 Å². The minimum absolute atomic E-state index is 0.0483. The predicted molar refractivity (Wildman–Crippen MR) is 126 cm³/mol. The van der Waals surface area contributed by atoms with Crippen LogP contribution < -0.4 is 15.4 Å². The summed E-state index contributed by atoms with van der Waals surface area (Å²) in [6, 6.07) is 8.44. The van der Waals surface area contributed by atoms with E-state index in [2.05, 4.69) is 20.5 Å². The Bertz CT molecular complexity index is 1240. The molecule has 0 aliphatic carbocycles. The third-order valence-electron chi connectivity index (χ3n) is 5.98. The monoisotopic (exact) mass is 516 g/mol. The molecule has 1 aliphatic rings. The van der Waals surface area contributed by atoms with E-state index in [1.54, 1.807) is 36.1 Å². The number of methoxy groups -OCH3 is 1. The average Bonchev–Trinajstić information content (AvgIpc) is 3.27. The average molecular weight is 517 g/mol. The summed E-state index contributed by atoms with van der Waals surface area (Å²) in [4.78, 5) is 27.1. The largest absolute Gasteiger partial charge is 0.470 e. The number of esters is 1. The van der Waals surface area contributed by atoms with Crippen molar-refractivity contribution in [1.82, 2.24) is 30.1 Å². The predicted octanol–water partition coefficient (Wildman–Crippen LogP) is 1.03. The fraction of sp³-hybridized carbons (Fsp3) is 0.391. The van der Waals surface area contributed by atoms with E-state index < -0.39 is 24.3 Å². The number of aryl methyl sites for hydroxylation is 1. The smallest absolute Gasteiger partial charge is 0.324 e. The fourth-order valence-corrected chi connectivity index (χ4v) is 3.99. The van der Waals surface area contributed by atoms with Gasteiger partial charge in [-0.1, -0.05) is 17.3 Å². The van der Waals surface area contributed by atoms with E-state index in [1.165, 1.54) is 23.9 Å². The fourth-order valence-electron chi connectivity index (χ4n) is 3.99. The highest BCUT2D eigenvalue weighted by Crippen LogP contribution is 2.22. The standard InChI is InChI=1S/C23H26F2N8O4/c1-14-18(33(30-27-14)16-5-3-15(4-6-16)22(24)25)13-37-21-8-7-20(28-29-21)32-10-9-31(12-19(26)34)17(11-32)23(35)36-2/h3-8,17,22H,9-13H2,1-2H3,(H2,26,34)/t17-/m1/s1. The van der Waals surface area contributed by atoms with Gasteiger partial charge in [0.05, 0.1) is 25.0 Å². The van der Waals surface area contributed by atoms with Crippen molar-refractivity contribution in [3.05, 3.63) is 53.3 Å². The van der Waals surface area contributed by atoms with E-state index in [-0.39, 0.29) is 31.1 Å². The number of alkyl halides is 2. The van der Waals surface area contributed by atoms with Gasteiger partial charge >= 0.3 is 5.97 Å². The van der Waals surface area contributed by atoms with Crippen LogP contribution in [0, 0.1) is 6.92 Å². The first-order chi connectivity index (χ1) is 17.8. The minimum Gasteiger partial charge on any atom is -0.470 e. The summed E-state index contributed by atoms with van der Waals surface area (Å²) in [5.41, 5.74) is 7.03. The molecule has 3 heterocycles. The molecule has 12 nitrogen and oxygen atoms in total. The van der Waals surface area contributed by atoms with Gasteiger partial charge in [-0.25, -0.2) is 13.5 Å². The topological polar surface area (TPSA) is 142 Å². The molecule has 1 aliphatic heterocycles. The lowest BCUT2D eigenvalue weighted by Gasteiger charge is -2.39. The van der Waals surface area contributed by atoms with Gasteiger partial charge in [-0.15, -0.1) is 15.3 Å². The maximum atomic E-state index is 12.9. The Morgan fingerprint density at radius 2 is 1.86 bits per heavy atom. The van der Waals surface area contributed by atoms with Crippen molar-refractivity contribution in [2.75, 3.05) is 38.2 Å². The second kappa shape index (κ2) is 11.2. The summed E-state index contributed by atoms with van der Waals surface area (Å²) < 4.78 is 37.9. The lowest BCUT2D eigenvalue weighted by molar-refractivity contribution is -0.147. The number of nitrogens with two attached hydrogens (primary N) is 1. The first kappa shape index (κ1) is 25.9. The highest BCUT2D eigenvalue weighted by Gasteiger charge is 2.34. The summed E-state index contributed by atoms with van der Waals surface area (Å²) in [6.07, 6.45) is -2.55. The van der Waals surface area contributed by atoms with Crippen molar-refractivity contribution in [2.45, 2.75) is 26.0 Å². The maximum Gasteiger partial charge on any atom is 0.324 e. The van der Waals surface area contributed by atoms with Crippen LogP contribution in [-0.4, -0.2) is 81.3 Å². The number of carbonyl (C=O) groups is 2. The third kappa shape index (κ3) is 5.97. The van der Waals surface area contributed by atoms with Gasteiger partial charge in [0.15, 0.2) is 5.82 Å². The Morgan fingerprint density at radius 3 is 2.49 bits per heavy atom. The van der Waals surface area contributed by atoms with E-state index in [0.717, 1.165) is 0 Å². The Morgan fingerprint density at radius 1 is 1.11 bits per heavy atom. The number of ether oxygens (including phenoxy) is 2. The van der Waals surface area contributed by atoms with Crippen LogP contribution in [0.25, 0.3) is 5.69 Å².